The van der Waals surface area contributed by atoms with Crippen molar-refractivity contribution in [2.24, 2.45) is 0 Å². The van der Waals surface area contributed by atoms with E-state index in [1.54, 1.807) is 10.9 Å². The molecular formula is C11H11N7. The van der Waals surface area contributed by atoms with Crippen molar-refractivity contribution in [2.45, 2.75) is 18.8 Å². The van der Waals surface area contributed by atoms with Gasteiger partial charge in [0.2, 0.25) is 0 Å². The summed E-state index contributed by atoms with van der Waals surface area (Å²) in [4.78, 5) is 0. The Morgan fingerprint density at radius 3 is 3.00 bits per heavy atom. The van der Waals surface area contributed by atoms with E-state index in [4.69, 9.17) is 5.73 Å². The van der Waals surface area contributed by atoms with E-state index in [1.165, 1.54) is 0 Å². The first kappa shape index (κ1) is 9.58. The highest BCUT2D eigenvalue weighted by atomic mass is 15.4. The summed E-state index contributed by atoms with van der Waals surface area (Å²) in [6.07, 6.45) is 3.96. The summed E-state index contributed by atoms with van der Waals surface area (Å²) in [5.74, 6) is 1.73. The highest BCUT2D eigenvalue weighted by Crippen LogP contribution is 2.43. The zero-order valence-corrected chi connectivity index (χ0v) is 9.54. The van der Waals surface area contributed by atoms with Gasteiger partial charge in [-0.1, -0.05) is 0 Å². The number of hydrogen-bond acceptors (Lipinski definition) is 5. The third-order valence-electron chi connectivity index (χ3n) is 3.18. The molecule has 0 amide bonds. The van der Waals surface area contributed by atoms with Gasteiger partial charge in [0.25, 0.3) is 0 Å². The number of H-pyrrole nitrogens is 1. The first-order chi connectivity index (χ1) is 8.84. The van der Waals surface area contributed by atoms with Gasteiger partial charge in [-0.05, 0) is 25.0 Å². The minimum absolute atomic E-state index is 0.505. The number of aromatic nitrogens is 6. The van der Waals surface area contributed by atoms with Gasteiger partial charge >= 0.3 is 0 Å². The van der Waals surface area contributed by atoms with Crippen molar-refractivity contribution in [3.8, 4) is 5.82 Å². The maximum atomic E-state index is 5.93. The Balaban J connectivity index is 2.01. The topological polar surface area (TPSA) is 98.3 Å². The van der Waals surface area contributed by atoms with E-state index in [0.717, 1.165) is 29.6 Å². The van der Waals surface area contributed by atoms with Crippen LogP contribution in [0.1, 0.15) is 24.5 Å². The van der Waals surface area contributed by atoms with E-state index < -0.39 is 0 Å². The molecule has 1 aliphatic rings. The van der Waals surface area contributed by atoms with Crippen LogP contribution in [0.2, 0.25) is 0 Å². The number of nitrogens with zero attached hydrogens (tertiary/aromatic N) is 5. The molecule has 0 spiro atoms. The van der Waals surface area contributed by atoms with Crippen molar-refractivity contribution in [3.63, 3.8) is 0 Å². The Kier molecular flexibility index (Phi) is 1.75. The highest BCUT2D eigenvalue weighted by Gasteiger charge is 2.31. The van der Waals surface area contributed by atoms with E-state index in [9.17, 15) is 0 Å². The van der Waals surface area contributed by atoms with Crippen molar-refractivity contribution in [3.05, 3.63) is 24.0 Å². The molecule has 90 valence electrons. The zero-order valence-electron chi connectivity index (χ0n) is 9.54. The number of fused-ring (bicyclic) bond motifs is 1. The van der Waals surface area contributed by atoms with Crippen LogP contribution in [-0.2, 0) is 0 Å². The van der Waals surface area contributed by atoms with Crippen molar-refractivity contribution in [1.82, 2.24) is 30.2 Å². The molecule has 1 fully saturated rings. The number of nitrogens with two attached hydrogens (primary N) is 1. The lowest BCUT2D eigenvalue weighted by atomic mass is 10.2. The van der Waals surface area contributed by atoms with Crippen molar-refractivity contribution in [1.29, 1.82) is 0 Å². The molecule has 0 unspecified atom stereocenters. The quantitative estimate of drug-likeness (QED) is 0.697. The van der Waals surface area contributed by atoms with Crippen molar-refractivity contribution < 1.29 is 0 Å². The zero-order chi connectivity index (χ0) is 12.1. The molecule has 0 radical (unpaired) electrons. The molecule has 0 aliphatic heterocycles. The van der Waals surface area contributed by atoms with Crippen LogP contribution in [0.25, 0.3) is 16.9 Å². The van der Waals surface area contributed by atoms with Gasteiger partial charge in [0, 0.05) is 12.1 Å². The molecule has 7 nitrogen and oxygen atoms in total. The second kappa shape index (κ2) is 3.28. The number of anilines is 1. The summed E-state index contributed by atoms with van der Waals surface area (Å²) in [6.45, 7) is 0. The lowest BCUT2D eigenvalue weighted by Gasteiger charge is -1.97. The molecule has 0 bridgehead atoms. The summed E-state index contributed by atoms with van der Waals surface area (Å²) >= 11 is 0. The predicted octanol–water partition coefficient (Wildman–Crippen LogP) is 0.998. The summed E-state index contributed by atoms with van der Waals surface area (Å²) in [5.41, 5.74) is 7.66. The maximum absolute atomic E-state index is 5.93. The van der Waals surface area contributed by atoms with Crippen molar-refractivity contribution >= 4 is 16.9 Å². The second-order valence-corrected chi connectivity index (χ2v) is 4.49. The van der Waals surface area contributed by atoms with Crippen LogP contribution < -0.4 is 5.73 Å². The smallest absolute Gasteiger partial charge is 0.188 e. The number of nitrogens with one attached hydrogen (secondary N) is 1. The Morgan fingerprint density at radius 2 is 2.28 bits per heavy atom. The van der Waals surface area contributed by atoms with Gasteiger partial charge < -0.3 is 5.73 Å². The molecule has 4 rings (SSSR count). The summed E-state index contributed by atoms with van der Waals surface area (Å²) in [7, 11) is 0. The minimum Gasteiger partial charge on any atom is -0.383 e. The number of hydrogen-bond donors (Lipinski definition) is 2. The molecule has 1 saturated carbocycles. The fourth-order valence-corrected chi connectivity index (χ4v) is 2.16. The Labute approximate surface area is 102 Å². The van der Waals surface area contributed by atoms with Gasteiger partial charge in [-0.15, -0.1) is 5.10 Å². The molecule has 0 saturated heterocycles. The molecule has 0 atom stereocenters. The Bertz CT molecular complexity index is 708. The van der Waals surface area contributed by atoms with Crippen LogP contribution in [-0.4, -0.2) is 30.2 Å². The fourth-order valence-electron chi connectivity index (χ4n) is 2.16. The Morgan fingerprint density at radius 1 is 1.39 bits per heavy atom. The van der Waals surface area contributed by atoms with E-state index >= 15 is 0 Å². The molecule has 7 heteroatoms. The van der Waals surface area contributed by atoms with E-state index in [1.807, 2.05) is 12.1 Å². The number of rotatable bonds is 2. The minimum atomic E-state index is 0.505. The number of nitrogen functional groups attached to an aromatic ring is 1. The van der Waals surface area contributed by atoms with Gasteiger partial charge in [-0.25, -0.2) is 0 Å². The van der Waals surface area contributed by atoms with Gasteiger partial charge in [0.15, 0.2) is 11.5 Å². The predicted molar refractivity (Wildman–Crippen MR) is 65.2 cm³/mol. The lowest BCUT2D eigenvalue weighted by molar-refractivity contribution is 0.795. The molecule has 0 aromatic carbocycles. The van der Waals surface area contributed by atoms with Crippen LogP contribution in [0.5, 0.6) is 0 Å². The van der Waals surface area contributed by atoms with Gasteiger partial charge in [0.1, 0.15) is 5.82 Å². The first-order valence-electron chi connectivity index (χ1n) is 5.85. The fraction of sp³-hybridized carbons (Fsp3) is 0.273. The largest absolute Gasteiger partial charge is 0.383 e. The van der Waals surface area contributed by atoms with Gasteiger partial charge in [-0.2, -0.15) is 20.0 Å². The third-order valence-corrected chi connectivity index (χ3v) is 3.18. The maximum Gasteiger partial charge on any atom is 0.188 e. The summed E-state index contributed by atoms with van der Waals surface area (Å²) in [6, 6.07) is 3.67. The standard InChI is InChI=1S/C11H11N7/c12-10-8-9(6-3-4-6)17-18(11(8)16-15-10)7-2-1-5-13-14-7/h1-2,5-6H,3-4H2,(H3,12,15,16). The van der Waals surface area contributed by atoms with E-state index in [-0.39, 0.29) is 0 Å². The van der Waals surface area contributed by atoms with Crippen LogP contribution >= 0.6 is 0 Å². The highest BCUT2D eigenvalue weighted by molar-refractivity contribution is 5.90. The molecule has 3 heterocycles. The molecule has 1 aliphatic carbocycles. The number of aromatic amines is 1. The molecular weight excluding hydrogens is 230 g/mol. The average Bonchev–Trinajstić information content (AvgIpc) is 3.07. The Hall–Kier alpha value is -2.44. The van der Waals surface area contributed by atoms with Crippen LogP contribution in [0, 0.1) is 0 Å². The van der Waals surface area contributed by atoms with Crippen LogP contribution in [0.4, 0.5) is 5.82 Å². The SMILES string of the molecule is Nc1[nH]nc2c1c(C1CC1)nn2-c1cccnn1. The summed E-state index contributed by atoms with van der Waals surface area (Å²) < 4.78 is 1.70. The van der Waals surface area contributed by atoms with Gasteiger partial charge in [-0.3, -0.25) is 5.10 Å². The molecule has 3 aromatic rings. The van der Waals surface area contributed by atoms with Crippen LogP contribution in [0.15, 0.2) is 18.3 Å². The lowest BCUT2D eigenvalue weighted by Crippen LogP contribution is -2.01. The van der Waals surface area contributed by atoms with Crippen LogP contribution in [0.3, 0.4) is 0 Å². The van der Waals surface area contributed by atoms with Gasteiger partial charge in [0.05, 0.1) is 11.1 Å². The average molecular weight is 241 g/mol. The van der Waals surface area contributed by atoms with E-state index in [2.05, 4.69) is 25.5 Å². The van der Waals surface area contributed by atoms with Crippen molar-refractivity contribution in [2.75, 3.05) is 5.73 Å². The molecule has 3 aromatic heterocycles. The summed E-state index contributed by atoms with van der Waals surface area (Å²) in [5, 5.41) is 20.5. The molecule has 18 heavy (non-hydrogen) atoms. The third kappa shape index (κ3) is 1.24. The second-order valence-electron chi connectivity index (χ2n) is 4.49. The molecule has 3 N–H and O–H groups in total. The monoisotopic (exact) mass is 241 g/mol. The first-order valence-corrected chi connectivity index (χ1v) is 5.85. The van der Waals surface area contributed by atoms with E-state index in [0.29, 0.717) is 17.6 Å². The normalized spacial score (nSPS) is 15.3.